The van der Waals surface area contributed by atoms with E-state index < -0.39 is 11.8 Å². The Morgan fingerprint density at radius 3 is 2.54 bits per heavy atom. The van der Waals surface area contributed by atoms with Crippen LogP contribution in [0.2, 0.25) is 0 Å². The largest absolute Gasteiger partial charge is 0.484 e. The minimum absolute atomic E-state index is 0.00801. The van der Waals surface area contributed by atoms with Crippen molar-refractivity contribution in [3.05, 3.63) is 29.8 Å². The van der Waals surface area contributed by atoms with Crippen molar-refractivity contribution in [3.63, 3.8) is 0 Å². The summed E-state index contributed by atoms with van der Waals surface area (Å²) >= 11 is 0. The first-order valence-corrected chi connectivity index (χ1v) is 9.21. The summed E-state index contributed by atoms with van der Waals surface area (Å²) in [4.78, 5) is 36.9. The van der Waals surface area contributed by atoms with Gasteiger partial charge in [-0.1, -0.05) is 0 Å². The van der Waals surface area contributed by atoms with Gasteiger partial charge in [0.2, 0.25) is 0 Å². The van der Waals surface area contributed by atoms with Crippen molar-refractivity contribution in [1.82, 2.24) is 15.6 Å². The lowest BCUT2D eigenvalue weighted by atomic mass is 10.2. The highest BCUT2D eigenvalue weighted by Crippen LogP contribution is 2.12. The van der Waals surface area contributed by atoms with Crippen LogP contribution in [-0.2, 0) is 19.1 Å². The molecule has 0 atom stereocenters. The molecule has 2 rings (SSSR count). The molecular weight excluding hydrogens is 364 g/mol. The Kier molecular flexibility index (Phi) is 8.93. The Hall–Kier alpha value is -2.94. The van der Waals surface area contributed by atoms with Gasteiger partial charge in [-0.2, -0.15) is 5.10 Å². The Morgan fingerprint density at radius 2 is 1.86 bits per heavy atom. The number of nitrogens with one attached hydrogen (secondary N) is 2. The van der Waals surface area contributed by atoms with Gasteiger partial charge < -0.3 is 19.7 Å². The van der Waals surface area contributed by atoms with Gasteiger partial charge in [-0.25, -0.2) is 5.43 Å². The zero-order valence-corrected chi connectivity index (χ0v) is 16.0. The first kappa shape index (κ1) is 21.4. The fourth-order valence-electron chi connectivity index (χ4n) is 2.57. The van der Waals surface area contributed by atoms with E-state index in [1.54, 1.807) is 36.3 Å². The van der Waals surface area contributed by atoms with E-state index in [1.165, 1.54) is 6.21 Å². The van der Waals surface area contributed by atoms with E-state index in [9.17, 15) is 14.4 Å². The molecule has 0 spiro atoms. The molecule has 0 unspecified atom stereocenters. The highest BCUT2D eigenvalue weighted by atomic mass is 16.5. The second kappa shape index (κ2) is 11.7. The molecular formula is C19H26N4O5. The maximum absolute atomic E-state index is 11.9. The highest BCUT2D eigenvalue weighted by molar-refractivity contribution is 6.35. The molecule has 0 aliphatic carbocycles. The smallest absolute Gasteiger partial charge is 0.329 e. The average Bonchev–Trinajstić information content (AvgIpc) is 3.25. The number of nitrogens with zero attached hydrogens (tertiary/aromatic N) is 2. The maximum Gasteiger partial charge on any atom is 0.329 e. The molecule has 152 valence electrons. The van der Waals surface area contributed by atoms with E-state index in [4.69, 9.17) is 9.47 Å². The van der Waals surface area contributed by atoms with Gasteiger partial charge in [-0.3, -0.25) is 14.4 Å². The van der Waals surface area contributed by atoms with Crippen molar-refractivity contribution in [2.75, 3.05) is 40.0 Å². The number of ether oxygens (including phenoxy) is 2. The van der Waals surface area contributed by atoms with Crippen molar-refractivity contribution in [3.8, 4) is 5.75 Å². The molecule has 1 saturated heterocycles. The summed E-state index contributed by atoms with van der Waals surface area (Å²) in [6.45, 7) is 2.48. The lowest BCUT2D eigenvalue weighted by molar-refractivity contribution is -0.139. The van der Waals surface area contributed by atoms with Crippen LogP contribution in [0.15, 0.2) is 29.4 Å². The third-order valence-electron chi connectivity index (χ3n) is 4.10. The van der Waals surface area contributed by atoms with E-state index in [-0.39, 0.29) is 12.5 Å². The predicted octanol–water partition coefficient (Wildman–Crippen LogP) is 0.291. The van der Waals surface area contributed by atoms with Crippen LogP contribution >= 0.6 is 0 Å². The molecule has 0 aromatic heterocycles. The number of likely N-dealkylation sites (tertiary alicyclic amines) is 1. The predicted molar refractivity (Wildman–Crippen MR) is 103 cm³/mol. The van der Waals surface area contributed by atoms with Gasteiger partial charge in [-0.15, -0.1) is 0 Å². The standard InChI is InChI=1S/C19H26N4O5/c1-27-12-4-9-20-18(25)19(26)22-21-13-15-5-7-16(8-6-15)28-14-17(24)23-10-2-3-11-23/h5-8,13H,2-4,9-12,14H2,1H3,(H,20,25)(H,22,26)/b21-13-. The third-order valence-corrected chi connectivity index (χ3v) is 4.10. The zero-order chi connectivity index (χ0) is 20.2. The number of amides is 3. The fraction of sp³-hybridized carbons (Fsp3) is 0.474. The molecule has 1 aromatic rings. The van der Waals surface area contributed by atoms with E-state index >= 15 is 0 Å². The quantitative estimate of drug-likeness (QED) is 0.273. The second-order valence-corrected chi connectivity index (χ2v) is 6.25. The molecule has 0 radical (unpaired) electrons. The van der Waals surface area contributed by atoms with Crippen LogP contribution in [0.4, 0.5) is 0 Å². The van der Waals surface area contributed by atoms with Gasteiger partial charge in [0.15, 0.2) is 6.61 Å². The number of rotatable bonds is 9. The minimum Gasteiger partial charge on any atom is -0.484 e. The average molecular weight is 390 g/mol. The fourth-order valence-corrected chi connectivity index (χ4v) is 2.57. The van der Waals surface area contributed by atoms with Gasteiger partial charge in [0.05, 0.1) is 6.21 Å². The number of methoxy groups -OCH3 is 1. The van der Waals surface area contributed by atoms with Crippen molar-refractivity contribution in [2.45, 2.75) is 19.3 Å². The Labute approximate surface area is 164 Å². The van der Waals surface area contributed by atoms with Crippen LogP contribution in [0.1, 0.15) is 24.8 Å². The van der Waals surface area contributed by atoms with Crippen molar-refractivity contribution in [2.24, 2.45) is 5.10 Å². The van der Waals surface area contributed by atoms with Gasteiger partial charge in [0, 0.05) is 33.4 Å². The molecule has 1 aromatic carbocycles. The van der Waals surface area contributed by atoms with E-state index in [2.05, 4.69) is 15.8 Å². The number of carbonyl (C=O) groups is 3. The van der Waals surface area contributed by atoms with E-state index in [0.29, 0.717) is 30.9 Å². The first-order valence-electron chi connectivity index (χ1n) is 9.21. The van der Waals surface area contributed by atoms with Gasteiger partial charge in [-0.05, 0) is 49.1 Å². The van der Waals surface area contributed by atoms with Crippen molar-refractivity contribution >= 4 is 23.9 Å². The summed E-state index contributed by atoms with van der Waals surface area (Å²) in [5.74, 6) is -1.02. The lowest BCUT2D eigenvalue weighted by Gasteiger charge is -2.15. The molecule has 3 amide bonds. The Bertz CT molecular complexity index is 684. The van der Waals surface area contributed by atoms with Gasteiger partial charge in [0.25, 0.3) is 5.91 Å². The zero-order valence-electron chi connectivity index (χ0n) is 16.0. The van der Waals surface area contributed by atoms with Crippen LogP contribution < -0.4 is 15.5 Å². The summed E-state index contributed by atoms with van der Waals surface area (Å²) in [5, 5.41) is 6.22. The van der Waals surface area contributed by atoms with E-state index in [1.807, 2.05) is 0 Å². The summed E-state index contributed by atoms with van der Waals surface area (Å²) in [6.07, 6.45) is 4.13. The molecule has 1 aliphatic heterocycles. The van der Waals surface area contributed by atoms with E-state index in [0.717, 1.165) is 25.9 Å². The number of hydrogen-bond donors (Lipinski definition) is 2. The molecule has 1 heterocycles. The monoisotopic (exact) mass is 390 g/mol. The summed E-state index contributed by atoms with van der Waals surface area (Å²) in [7, 11) is 1.57. The molecule has 0 bridgehead atoms. The number of benzene rings is 1. The Balaban J connectivity index is 1.70. The lowest BCUT2D eigenvalue weighted by Crippen LogP contribution is -2.38. The summed E-state index contributed by atoms with van der Waals surface area (Å²) < 4.78 is 10.4. The molecule has 1 fully saturated rings. The van der Waals surface area contributed by atoms with Gasteiger partial charge >= 0.3 is 11.8 Å². The van der Waals surface area contributed by atoms with Crippen molar-refractivity contribution in [1.29, 1.82) is 0 Å². The van der Waals surface area contributed by atoms with Gasteiger partial charge in [0.1, 0.15) is 5.75 Å². The third kappa shape index (κ3) is 7.36. The summed E-state index contributed by atoms with van der Waals surface area (Å²) in [5.41, 5.74) is 2.87. The second-order valence-electron chi connectivity index (χ2n) is 6.25. The van der Waals surface area contributed by atoms with Crippen LogP contribution in [-0.4, -0.2) is 68.8 Å². The number of hydrazone groups is 1. The Morgan fingerprint density at radius 1 is 1.14 bits per heavy atom. The first-order chi connectivity index (χ1) is 13.6. The van der Waals surface area contributed by atoms with Crippen LogP contribution in [0, 0.1) is 0 Å². The number of hydrogen-bond acceptors (Lipinski definition) is 6. The van der Waals surface area contributed by atoms with Crippen LogP contribution in [0.3, 0.4) is 0 Å². The topological polar surface area (TPSA) is 109 Å². The van der Waals surface area contributed by atoms with Crippen LogP contribution in [0.5, 0.6) is 5.75 Å². The van der Waals surface area contributed by atoms with Crippen LogP contribution in [0.25, 0.3) is 0 Å². The van der Waals surface area contributed by atoms with Crippen molar-refractivity contribution < 1.29 is 23.9 Å². The molecule has 9 nitrogen and oxygen atoms in total. The molecule has 9 heteroatoms. The molecule has 28 heavy (non-hydrogen) atoms. The highest BCUT2D eigenvalue weighted by Gasteiger charge is 2.18. The maximum atomic E-state index is 11.9. The normalized spacial score (nSPS) is 13.5. The molecule has 2 N–H and O–H groups in total. The number of carbonyl (C=O) groups excluding carboxylic acids is 3. The molecule has 1 aliphatic rings. The summed E-state index contributed by atoms with van der Waals surface area (Å²) in [6, 6.07) is 6.89. The molecule has 0 saturated carbocycles. The SMILES string of the molecule is COCCCNC(=O)C(=O)N/N=C\c1ccc(OCC(=O)N2CCCC2)cc1. The minimum atomic E-state index is -0.839.